The number of phenolic OH excluding ortho intramolecular Hbond substituents is 1. The van der Waals surface area contributed by atoms with Crippen LogP contribution in [0.3, 0.4) is 0 Å². The fourth-order valence-electron chi connectivity index (χ4n) is 1.77. The molecule has 21 heavy (non-hydrogen) atoms. The number of hydrogen-bond donors (Lipinski definition) is 1. The fraction of sp³-hybridized carbons (Fsp3) is 0.200. The minimum absolute atomic E-state index is 0.0399. The zero-order valence-electron chi connectivity index (χ0n) is 11.8. The maximum absolute atomic E-state index is 9.99. The Morgan fingerprint density at radius 2 is 2.14 bits per heavy atom. The molecule has 0 bridgehead atoms. The van der Waals surface area contributed by atoms with Gasteiger partial charge in [-0.3, -0.25) is 0 Å². The average molecular weight is 349 g/mol. The van der Waals surface area contributed by atoms with Crippen molar-refractivity contribution in [2.45, 2.75) is 13.8 Å². The minimum Gasteiger partial charge on any atom is -0.506 e. The smallest absolute Gasteiger partial charge is 0.237 e. The van der Waals surface area contributed by atoms with E-state index in [2.05, 4.69) is 27.0 Å². The molecule has 1 heterocycles. The molecular formula is C15H13BrN2O3. The molecule has 0 saturated carbocycles. The molecule has 1 aromatic carbocycles. The Kier molecular flexibility index (Phi) is 4.34. The average Bonchev–Trinajstić information content (AvgIpc) is 2.74. The molecule has 0 radical (unpaired) electrons. The predicted molar refractivity (Wildman–Crippen MR) is 82.5 cm³/mol. The second-order valence-electron chi connectivity index (χ2n) is 4.38. The number of methoxy groups -OCH3 is 1. The van der Waals surface area contributed by atoms with Gasteiger partial charge in [0.25, 0.3) is 0 Å². The lowest BCUT2D eigenvalue weighted by molar-refractivity contribution is 0.411. The lowest BCUT2D eigenvalue weighted by atomic mass is 10.2. The number of furan rings is 1. The van der Waals surface area contributed by atoms with E-state index in [1.165, 1.54) is 13.3 Å². The summed E-state index contributed by atoms with van der Waals surface area (Å²) in [5.74, 6) is 1.49. The molecule has 0 spiro atoms. The Morgan fingerprint density at radius 1 is 1.43 bits per heavy atom. The van der Waals surface area contributed by atoms with Crippen molar-refractivity contribution in [1.82, 2.24) is 0 Å². The molecule has 0 amide bonds. The Balaban J connectivity index is 2.45. The lowest BCUT2D eigenvalue weighted by Crippen LogP contribution is -1.88. The molecule has 0 aliphatic rings. The first-order valence-electron chi connectivity index (χ1n) is 6.08. The molecule has 1 aromatic heterocycles. The van der Waals surface area contributed by atoms with Crippen molar-refractivity contribution in [3.8, 4) is 17.6 Å². The molecule has 0 fully saturated rings. The quantitative estimate of drug-likeness (QED) is 0.850. The van der Waals surface area contributed by atoms with Gasteiger partial charge in [-0.25, -0.2) is 4.99 Å². The second kappa shape index (κ2) is 6.02. The maximum Gasteiger partial charge on any atom is 0.237 e. The molecule has 0 saturated heterocycles. The van der Waals surface area contributed by atoms with Gasteiger partial charge in [0.1, 0.15) is 28.9 Å². The van der Waals surface area contributed by atoms with E-state index in [-0.39, 0.29) is 11.6 Å². The van der Waals surface area contributed by atoms with E-state index >= 15 is 0 Å². The maximum atomic E-state index is 9.99. The van der Waals surface area contributed by atoms with Crippen LogP contribution in [0.15, 0.2) is 26.0 Å². The molecule has 0 aliphatic carbocycles. The van der Waals surface area contributed by atoms with Crippen molar-refractivity contribution in [3.05, 3.63) is 39.1 Å². The first kappa shape index (κ1) is 15.1. The number of hydrogen-bond acceptors (Lipinski definition) is 5. The number of halogens is 1. The summed E-state index contributed by atoms with van der Waals surface area (Å²) >= 11 is 3.24. The van der Waals surface area contributed by atoms with Crippen molar-refractivity contribution in [3.63, 3.8) is 0 Å². The Bertz CT molecular complexity index is 757. The van der Waals surface area contributed by atoms with E-state index < -0.39 is 0 Å². The van der Waals surface area contributed by atoms with E-state index in [0.717, 1.165) is 5.56 Å². The van der Waals surface area contributed by atoms with Crippen LogP contribution in [0.2, 0.25) is 0 Å². The minimum atomic E-state index is 0.0399. The van der Waals surface area contributed by atoms with Crippen molar-refractivity contribution < 1.29 is 14.3 Å². The Hall–Kier alpha value is -2.26. The number of aromatic hydroxyl groups is 1. The normalized spacial score (nSPS) is 10.8. The van der Waals surface area contributed by atoms with Crippen LogP contribution in [0.25, 0.3) is 0 Å². The van der Waals surface area contributed by atoms with Gasteiger partial charge >= 0.3 is 0 Å². The van der Waals surface area contributed by atoms with Crippen molar-refractivity contribution in [2.24, 2.45) is 4.99 Å². The summed E-state index contributed by atoms with van der Waals surface area (Å²) in [7, 11) is 1.53. The number of aliphatic imine (C=N–C) groups is 1. The zero-order valence-corrected chi connectivity index (χ0v) is 13.4. The highest BCUT2D eigenvalue weighted by Crippen LogP contribution is 2.33. The van der Waals surface area contributed by atoms with Crippen LogP contribution < -0.4 is 4.74 Å². The highest BCUT2D eigenvalue weighted by atomic mass is 79.9. The number of phenols is 1. The van der Waals surface area contributed by atoms with Gasteiger partial charge in [0.2, 0.25) is 5.88 Å². The van der Waals surface area contributed by atoms with Crippen LogP contribution in [-0.2, 0) is 0 Å². The molecule has 1 N–H and O–H groups in total. The third-order valence-electron chi connectivity index (χ3n) is 3.10. The SMILES string of the molecule is COc1cc(Br)c(O)c(C=Nc2oc(C)c(C)c2C#N)c1. The topological polar surface area (TPSA) is 78.8 Å². The molecule has 2 aromatic rings. The molecule has 2 rings (SSSR count). The number of nitrogens with zero attached hydrogens (tertiary/aromatic N) is 2. The van der Waals surface area contributed by atoms with Crippen LogP contribution in [0.1, 0.15) is 22.5 Å². The largest absolute Gasteiger partial charge is 0.506 e. The van der Waals surface area contributed by atoms with E-state index in [1.54, 1.807) is 26.0 Å². The standard InChI is InChI=1S/C15H13BrN2O3/c1-8-9(2)21-15(12(8)6-17)18-7-10-4-11(20-3)5-13(16)14(10)19/h4-5,7,19H,1-3H3. The van der Waals surface area contributed by atoms with Crippen LogP contribution in [0.5, 0.6) is 11.5 Å². The van der Waals surface area contributed by atoms with Gasteiger partial charge < -0.3 is 14.3 Å². The molecule has 0 unspecified atom stereocenters. The Labute approximate surface area is 130 Å². The second-order valence-corrected chi connectivity index (χ2v) is 5.23. The highest BCUT2D eigenvalue weighted by Gasteiger charge is 2.13. The summed E-state index contributed by atoms with van der Waals surface area (Å²) in [6, 6.07) is 5.35. The number of rotatable bonds is 3. The number of nitriles is 1. The predicted octanol–water partition coefficient (Wildman–Crippen LogP) is 4.00. The molecule has 0 atom stereocenters. The summed E-state index contributed by atoms with van der Waals surface area (Å²) in [6.45, 7) is 3.57. The van der Waals surface area contributed by atoms with E-state index in [1.807, 2.05) is 0 Å². The monoisotopic (exact) mass is 348 g/mol. The van der Waals surface area contributed by atoms with Gasteiger partial charge in [-0.2, -0.15) is 5.26 Å². The lowest BCUT2D eigenvalue weighted by Gasteiger charge is -2.05. The number of aryl methyl sites for hydroxylation is 1. The summed E-state index contributed by atoms with van der Waals surface area (Å²) < 4.78 is 11.1. The van der Waals surface area contributed by atoms with Crippen LogP contribution in [-0.4, -0.2) is 18.4 Å². The Morgan fingerprint density at radius 3 is 2.76 bits per heavy atom. The fourth-order valence-corrected chi connectivity index (χ4v) is 2.23. The number of ether oxygens (including phenoxy) is 1. The van der Waals surface area contributed by atoms with Crippen LogP contribution >= 0.6 is 15.9 Å². The van der Waals surface area contributed by atoms with Gasteiger partial charge in [-0.15, -0.1) is 0 Å². The molecule has 5 nitrogen and oxygen atoms in total. The third-order valence-corrected chi connectivity index (χ3v) is 3.71. The van der Waals surface area contributed by atoms with Gasteiger partial charge in [0.05, 0.1) is 11.6 Å². The first-order chi connectivity index (χ1) is 9.97. The first-order valence-corrected chi connectivity index (χ1v) is 6.87. The summed E-state index contributed by atoms with van der Waals surface area (Å²) in [5.41, 5.74) is 1.61. The molecular weight excluding hydrogens is 336 g/mol. The van der Waals surface area contributed by atoms with Gasteiger partial charge in [0, 0.05) is 17.3 Å². The van der Waals surface area contributed by atoms with Crippen molar-refractivity contribution in [1.29, 1.82) is 5.26 Å². The van der Waals surface area contributed by atoms with Crippen LogP contribution in [0, 0.1) is 25.2 Å². The highest BCUT2D eigenvalue weighted by molar-refractivity contribution is 9.10. The van der Waals surface area contributed by atoms with Crippen LogP contribution in [0.4, 0.5) is 5.88 Å². The molecule has 0 aliphatic heterocycles. The van der Waals surface area contributed by atoms with Gasteiger partial charge in [0.15, 0.2) is 0 Å². The molecule has 108 valence electrons. The van der Waals surface area contributed by atoms with Gasteiger partial charge in [-0.05, 0) is 41.9 Å². The summed E-state index contributed by atoms with van der Waals surface area (Å²) in [4.78, 5) is 4.16. The van der Waals surface area contributed by atoms with E-state index in [4.69, 9.17) is 14.4 Å². The van der Waals surface area contributed by atoms with Gasteiger partial charge in [-0.1, -0.05) is 0 Å². The molecule has 6 heteroatoms. The zero-order chi connectivity index (χ0) is 15.6. The third kappa shape index (κ3) is 2.93. The van der Waals surface area contributed by atoms with Crippen molar-refractivity contribution in [2.75, 3.05) is 7.11 Å². The van der Waals surface area contributed by atoms with Crippen molar-refractivity contribution >= 4 is 28.0 Å². The summed E-state index contributed by atoms with van der Waals surface area (Å²) in [6.07, 6.45) is 1.43. The van der Waals surface area contributed by atoms with E-state index in [9.17, 15) is 5.11 Å². The number of benzene rings is 1. The summed E-state index contributed by atoms with van der Waals surface area (Å²) in [5, 5.41) is 19.1. The van der Waals surface area contributed by atoms with E-state index in [0.29, 0.717) is 27.1 Å².